The van der Waals surface area contributed by atoms with Crippen LogP contribution in [0.1, 0.15) is 6.92 Å². The number of hydrogen-bond donors (Lipinski definition) is 0. The maximum Gasteiger partial charge on any atom is 0.129 e. The molecule has 8 heavy (non-hydrogen) atoms. The van der Waals surface area contributed by atoms with E-state index in [1.165, 1.54) is 0 Å². The quantitative estimate of drug-likeness (QED) is 0.467. The van der Waals surface area contributed by atoms with Gasteiger partial charge in [0.25, 0.3) is 0 Å². The van der Waals surface area contributed by atoms with Crippen LogP contribution in [0.2, 0.25) is 0 Å². The molecule has 0 unspecified atom stereocenters. The molecule has 0 fully saturated rings. The van der Waals surface area contributed by atoms with E-state index in [2.05, 4.69) is 0 Å². The van der Waals surface area contributed by atoms with Crippen molar-refractivity contribution in [1.29, 1.82) is 0 Å². The van der Waals surface area contributed by atoms with Crippen molar-refractivity contribution in [3.8, 4) is 0 Å². The Hall–Kier alpha value is -0.920. The summed E-state index contributed by atoms with van der Waals surface area (Å²) in [5, 5.41) is 1.66. The zero-order valence-corrected chi connectivity index (χ0v) is 5.09. The minimum absolute atomic E-state index is 0.926. The topological polar surface area (TPSA) is 12.5 Å². The molecule has 0 amide bonds. The molecule has 0 atom stereocenters. The molecule has 0 saturated carbocycles. The van der Waals surface area contributed by atoms with Crippen LogP contribution in [0, 0.1) is 0 Å². The summed E-state index contributed by atoms with van der Waals surface area (Å²) in [6.45, 7) is 1.92. The monoisotopic (exact) mass is 111 g/mol. The van der Waals surface area contributed by atoms with E-state index in [-0.39, 0.29) is 0 Å². The SMILES string of the molecule is CC1=CC=CN(C)O1. The molecular formula is C6H9NO. The van der Waals surface area contributed by atoms with Crippen LogP contribution in [-0.2, 0) is 4.84 Å². The van der Waals surface area contributed by atoms with E-state index in [4.69, 9.17) is 4.84 Å². The Kier molecular flexibility index (Phi) is 1.24. The summed E-state index contributed by atoms with van der Waals surface area (Å²) < 4.78 is 0. The van der Waals surface area contributed by atoms with E-state index in [9.17, 15) is 0 Å². The molecule has 2 nitrogen and oxygen atoms in total. The first-order valence-electron chi connectivity index (χ1n) is 2.55. The van der Waals surface area contributed by atoms with Crippen molar-refractivity contribution in [1.82, 2.24) is 5.06 Å². The zero-order valence-electron chi connectivity index (χ0n) is 5.09. The van der Waals surface area contributed by atoms with Crippen LogP contribution >= 0.6 is 0 Å². The fourth-order valence-corrected chi connectivity index (χ4v) is 0.588. The van der Waals surface area contributed by atoms with Gasteiger partial charge in [-0.2, -0.15) is 0 Å². The lowest BCUT2D eigenvalue weighted by atomic mass is 10.4. The van der Waals surface area contributed by atoms with Gasteiger partial charge in [0, 0.05) is 13.2 Å². The van der Waals surface area contributed by atoms with Crippen molar-refractivity contribution in [2.24, 2.45) is 0 Å². The van der Waals surface area contributed by atoms with Gasteiger partial charge >= 0.3 is 0 Å². The Morgan fingerprint density at radius 2 is 2.38 bits per heavy atom. The van der Waals surface area contributed by atoms with E-state index < -0.39 is 0 Å². The van der Waals surface area contributed by atoms with Crippen LogP contribution < -0.4 is 0 Å². The second kappa shape index (κ2) is 1.90. The van der Waals surface area contributed by atoms with E-state index >= 15 is 0 Å². The fourth-order valence-electron chi connectivity index (χ4n) is 0.588. The molecule has 0 saturated heterocycles. The summed E-state index contributed by atoms with van der Waals surface area (Å²) in [4.78, 5) is 5.09. The van der Waals surface area contributed by atoms with Gasteiger partial charge in [-0.05, 0) is 19.1 Å². The van der Waals surface area contributed by atoms with E-state index in [1.807, 2.05) is 32.3 Å². The van der Waals surface area contributed by atoms with E-state index in [0.29, 0.717) is 0 Å². The van der Waals surface area contributed by atoms with Gasteiger partial charge in [0.2, 0.25) is 0 Å². The molecule has 0 bridgehead atoms. The van der Waals surface area contributed by atoms with Crippen LogP contribution in [0.15, 0.2) is 24.1 Å². The number of hydrogen-bond acceptors (Lipinski definition) is 2. The van der Waals surface area contributed by atoms with Gasteiger partial charge in [0.1, 0.15) is 5.76 Å². The van der Waals surface area contributed by atoms with Crippen molar-refractivity contribution in [3.63, 3.8) is 0 Å². The summed E-state index contributed by atoms with van der Waals surface area (Å²) in [6.07, 6.45) is 5.71. The molecule has 0 aromatic carbocycles. The minimum atomic E-state index is 0.926. The molecule has 2 heteroatoms. The van der Waals surface area contributed by atoms with Crippen molar-refractivity contribution >= 4 is 0 Å². The lowest BCUT2D eigenvalue weighted by molar-refractivity contribution is -0.0544. The van der Waals surface area contributed by atoms with Gasteiger partial charge in [-0.3, -0.25) is 0 Å². The molecule has 0 aliphatic carbocycles. The highest BCUT2D eigenvalue weighted by Gasteiger charge is 1.95. The Morgan fingerprint density at radius 1 is 1.62 bits per heavy atom. The van der Waals surface area contributed by atoms with Gasteiger partial charge in [0.15, 0.2) is 0 Å². The molecule has 0 spiro atoms. The van der Waals surface area contributed by atoms with Gasteiger partial charge in [-0.25, -0.2) is 5.06 Å². The van der Waals surface area contributed by atoms with Crippen LogP contribution in [0.4, 0.5) is 0 Å². The highest BCUT2D eigenvalue weighted by Crippen LogP contribution is 2.04. The number of hydroxylamine groups is 2. The summed E-state index contributed by atoms with van der Waals surface area (Å²) >= 11 is 0. The van der Waals surface area contributed by atoms with E-state index in [0.717, 1.165) is 5.76 Å². The van der Waals surface area contributed by atoms with Crippen molar-refractivity contribution < 1.29 is 4.84 Å². The predicted octanol–water partition coefficient (Wildman–Crippen LogP) is 1.28. The fraction of sp³-hybridized carbons (Fsp3) is 0.333. The molecule has 1 heterocycles. The number of rotatable bonds is 0. The third-order valence-electron chi connectivity index (χ3n) is 0.915. The molecule has 1 aliphatic rings. The highest BCUT2D eigenvalue weighted by molar-refractivity contribution is 5.07. The summed E-state index contributed by atoms with van der Waals surface area (Å²) in [7, 11) is 1.85. The third-order valence-corrected chi connectivity index (χ3v) is 0.915. The Balaban J connectivity index is 2.59. The smallest absolute Gasteiger partial charge is 0.129 e. The zero-order chi connectivity index (χ0) is 5.98. The highest BCUT2D eigenvalue weighted by atomic mass is 16.7. The van der Waals surface area contributed by atoms with Gasteiger partial charge < -0.3 is 4.84 Å². The van der Waals surface area contributed by atoms with E-state index in [1.54, 1.807) is 5.06 Å². The van der Waals surface area contributed by atoms with Crippen LogP contribution in [-0.4, -0.2) is 12.1 Å². The summed E-state index contributed by atoms with van der Waals surface area (Å²) in [5.74, 6) is 0.926. The van der Waals surface area contributed by atoms with Crippen LogP contribution in [0.5, 0.6) is 0 Å². The average Bonchev–Trinajstić information content (AvgIpc) is 1.64. The van der Waals surface area contributed by atoms with Crippen LogP contribution in [0.3, 0.4) is 0 Å². The Morgan fingerprint density at radius 3 is 2.75 bits per heavy atom. The van der Waals surface area contributed by atoms with Crippen molar-refractivity contribution in [2.75, 3.05) is 7.05 Å². The summed E-state index contributed by atoms with van der Waals surface area (Å²) in [6, 6.07) is 0. The lowest BCUT2D eigenvalue weighted by Crippen LogP contribution is -2.11. The molecule has 0 N–H and O–H groups in total. The molecule has 0 radical (unpaired) electrons. The van der Waals surface area contributed by atoms with Gasteiger partial charge in [0.05, 0.1) is 0 Å². The molecule has 1 aliphatic heterocycles. The Bertz CT molecular complexity index is 137. The van der Waals surface area contributed by atoms with Crippen LogP contribution in [0.25, 0.3) is 0 Å². The number of nitrogens with zero attached hydrogens (tertiary/aromatic N) is 1. The molecule has 0 aromatic rings. The second-order valence-electron chi connectivity index (χ2n) is 1.76. The standard InChI is InChI=1S/C6H9NO/c1-6-4-3-5-7(2)8-6/h3-5H,1-2H3. The second-order valence-corrected chi connectivity index (χ2v) is 1.76. The average molecular weight is 111 g/mol. The minimum Gasteiger partial charge on any atom is -0.385 e. The predicted molar refractivity (Wildman–Crippen MR) is 31.7 cm³/mol. The van der Waals surface area contributed by atoms with Crippen molar-refractivity contribution in [2.45, 2.75) is 6.92 Å². The maximum absolute atomic E-state index is 5.09. The number of allylic oxidation sites excluding steroid dienone is 3. The first-order chi connectivity index (χ1) is 3.79. The van der Waals surface area contributed by atoms with Gasteiger partial charge in [-0.15, -0.1) is 0 Å². The third kappa shape index (κ3) is 1.03. The normalized spacial score (nSPS) is 17.8. The maximum atomic E-state index is 5.09. The largest absolute Gasteiger partial charge is 0.385 e. The Labute approximate surface area is 49.0 Å². The first-order valence-corrected chi connectivity index (χ1v) is 2.55. The molecular weight excluding hydrogens is 102 g/mol. The lowest BCUT2D eigenvalue weighted by Gasteiger charge is -2.17. The molecule has 44 valence electrons. The summed E-state index contributed by atoms with van der Waals surface area (Å²) in [5.41, 5.74) is 0. The molecule has 1 rings (SSSR count). The first kappa shape index (κ1) is 5.22. The van der Waals surface area contributed by atoms with Gasteiger partial charge in [-0.1, -0.05) is 0 Å². The molecule has 0 aromatic heterocycles. The van der Waals surface area contributed by atoms with Crippen molar-refractivity contribution in [3.05, 3.63) is 24.1 Å².